The Morgan fingerprint density at radius 1 is 1.35 bits per heavy atom. The van der Waals surface area contributed by atoms with Gasteiger partial charge >= 0.3 is 5.97 Å². The number of rotatable bonds is 6. The van der Waals surface area contributed by atoms with Gasteiger partial charge in [0.2, 0.25) is 0 Å². The summed E-state index contributed by atoms with van der Waals surface area (Å²) in [6.45, 7) is 5.16. The van der Waals surface area contributed by atoms with E-state index in [4.69, 9.17) is 27.9 Å². The van der Waals surface area contributed by atoms with Crippen molar-refractivity contribution in [3.8, 4) is 0 Å². The first kappa shape index (κ1) is 20.6. The van der Waals surface area contributed by atoms with Crippen LogP contribution in [0.25, 0.3) is 0 Å². The molecule has 0 saturated carbocycles. The van der Waals surface area contributed by atoms with E-state index in [1.807, 2.05) is 6.92 Å². The maximum Gasteiger partial charge on any atom is 0.317 e. The van der Waals surface area contributed by atoms with Gasteiger partial charge in [-0.2, -0.15) is 5.10 Å². The van der Waals surface area contributed by atoms with Crippen LogP contribution in [0.1, 0.15) is 18.3 Å². The molecule has 6 nitrogen and oxygen atoms in total. The number of thioether (sulfide) groups is 1. The molecule has 1 aromatic carbocycles. The van der Waals surface area contributed by atoms with E-state index >= 15 is 0 Å². The molecule has 1 heterocycles. The fraction of sp³-hybridized carbons (Fsp3) is 0.353. The zero-order valence-corrected chi connectivity index (χ0v) is 17.1. The summed E-state index contributed by atoms with van der Waals surface area (Å²) in [6, 6.07) is 5.00. The van der Waals surface area contributed by atoms with Gasteiger partial charge < -0.3 is 10.1 Å². The first-order valence-electron chi connectivity index (χ1n) is 7.77. The minimum Gasteiger partial charge on any atom is -0.452 e. The Kier molecular flexibility index (Phi) is 6.97. The second kappa shape index (κ2) is 8.79. The number of halogens is 2. The quantitative estimate of drug-likeness (QED) is 0.569. The van der Waals surface area contributed by atoms with Crippen LogP contribution in [-0.2, 0) is 21.4 Å². The third kappa shape index (κ3) is 5.16. The summed E-state index contributed by atoms with van der Waals surface area (Å²) >= 11 is 13.2. The van der Waals surface area contributed by atoms with Crippen molar-refractivity contribution in [3.05, 3.63) is 39.6 Å². The van der Waals surface area contributed by atoms with Crippen molar-refractivity contribution in [3.63, 3.8) is 0 Å². The fourth-order valence-electron chi connectivity index (χ4n) is 2.19. The van der Waals surface area contributed by atoms with Crippen LogP contribution in [0, 0.1) is 13.8 Å². The molecule has 1 atom stereocenters. The molecule has 0 spiro atoms. The molecular formula is C17H19Cl2N3O3S. The van der Waals surface area contributed by atoms with Crippen molar-refractivity contribution in [1.29, 1.82) is 0 Å². The Morgan fingerprint density at radius 2 is 2.04 bits per heavy atom. The van der Waals surface area contributed by atoms with Gasteiger partial charge in [0.1, 0.15) is 0 Å². The SMILES string of the molecule is Cc1nn(C)c(C)c1NC(=O)[C@@H](C)OC(=O)CSc1cc(Cl)ccc1Cl. The van der Waals surface area contributed by atoms with Gasteiger partial charge in [-0.05, 0) is 39.0 Å². The van der Waals surface area contributed by atoms with E-state index in [1.165, 1.54) is 18.7 Å². The summed E-state index contributed by atoms with van der Waals surface area (Å²) < 4.78 is 6.86. The van der Waals surface area contributed by atoms with Gasteiger partial charge in [0.05, 0.1) is 27.9 Å². The first-order chi connectivity index (χ1) is 12.2. The van der Waals surface area contributed by atoms with Crippen LogP contribution in [0.15, 0.2) is 23.1 Å². The number of nitrogens with zero attached hydrogens (tertiary/aromatic N) is 2. The van der Waals surface area contributed by atoms with Gasteiger partial charge in [-0.1, -0.05) is 23.2 Å². The topological polar surface area (TPSA) is 73.2 Å². The third-order valence-electron chi connectivity index (χ3n) is 3.67. The Morgan fingerprint density at radius 3 is 2.65 bits per heavy atom. The number of amides is 1. The molecule has 140 valence electrons. The lowest BCUT2D eigenvalue weighted by atomic mass is 10.3. The van der Waals surface area contributed by atoms with Crippen molar-refractivity contribution >= 4 is 52.5 Å². The Bertz CT molecular complexity index is 839. The predicted octanol–water partition coefficient (Wildman–Crippen LogP) is 4.01. The van der Waals surface area contributed by atoms with E-state index in [-0.39, 0.29) is 5.75 Å². The van der Waals surface area contributed by atoms with Gasteiger partial charge in [0.15, 0.2) is 6.10 Å². The molecule has 9 heteroatoms. The number of carbonyl (C=O) groups excluding carboxylic acids is 2. The van der Waals surface area contributed by atoms with Crippen LogP contribution in [0.5, 0.6) is 0 Å². The number of carbonyl (C=O) groups is 2. The minimum atomic E-state index is -0.933. The number of hydrogen-bond acceptors (Lipinski definition) is 5. The highest BCUT2D eigenvalue weighted by Crippen LogP contribution is 2.30. The van der Waals surface area contributed by atoms with Crippen molar-refractivity contribution in [2.75, 3.05) is 11.1 Å². The summed E-state index contributed by atoms with van der Waals surface area (Å²) in [5, 5.41) is 8.01. The lowest BCUT2D eigenvalue weighted by Gasteiger charge is -2.14. The Balaban J connectivity index is 1.90. The average Bonchev–Trinajstić information content (AvgIpc) is 2.81. The number of anilines is 1. The highest BCUT2D eigenvalue weighted by atomic mass is 35.5. The zero-order chi connectivity index (χ0) is 19.4. The van der Waals surface area contributed by atoms with Crippen LogP contribution in [0.2, 0.25) is 10.0 Å². The maximum atomic E-state index is 12.3. The van der Waals surface area contributed by atoms with Crippen LogP contribution < -0.4 is 5.32 Å². The highest BCUT2D eigenvalue weighted by Gasteiger charge is 2.21. The van der Waals surface area contributed by atoms with Crippen LogP contribution in [0.4, 0.5) is 5.69 Å². The summed E-state index contributed by atoms with van der Waals surface area (Å²) in [4.78, 5) is 24.9. The Labute approximate surface area is 166 Å². The summed E-state index contributed by atoms with van der Waals surface area (Å²) in [5.74, 6) is -0.917. The molecule has 2 aromatic rings. The van der Waals surface area contributed by atoms with E-state index in [9.17, 15) is 9.59 Å². The van der Waals surface area contributed by atoms with E-state index in [0.717, 1.165) is 5.69 Å². The molecule has 0 fully saturated rings. The van der Waals surface area contributed by atoms with E-state index < -0.39 is 18.0 Å². The lowest BCUT2D eigenvalue weighted by Crippen LogP contribution is -2.30. The fourth-order valence-corrected chi connectivity index (χ4v) is 3.46. The molecule has 0 aliphatic heterocycles. The van der Waals surface area contributed by atoms with Gasteiger partial charge in [-0.25, -0.2) is 0 Å². The molecule has 0 bridgehead atoms. The summed E-state index contributed by atoms with van der Waals surface area (Å²) in [7, 11) is 1.79. The maximum absolute atomic E-state index is 12.3. The molecule has 1 aromatic heterocycles. The van der Waals surface area contributed by atoms with Crippen molar-refractivity contribution in [2.45, 2.75) is 31.8 Å². The molecular weight excluding hydrogens is 397 g/mol. The van der Waals surface area contributed by atoms with E-state index in [0.29, 0.717) is 26.3 Å². The molecule has 1 amide bonds. The number of aromatic nitrogens is 2. The zero-order valence-electron chi connectivity index (χ0n) is 14.8. The smallest absolute Gasteiger partial charge is 0.317 e. The normalized spacial score (nSPS) is 11.9. The number of hydrogen-bond donors (Lipinski definition) is 1. The summed E-state index contributed by atoms with van der Waals surface area (Å²) in [5.41, 5.74) is 2.14. The average molecular weight is 416 g/mol. The molecule has 26 heavy (non-hydrogen) atoms. The van der Waals surface area contributed by atoms with Crippen molar-refractivity contribution < 1.29 is 14.3 Å². The first-order valence-corrected chi connectivity index (χ1v) is 9.51. The third-order valence-corrected chi connectivity index (χ3v) is 5.38. The second-order valence-corrected chi connectivity index (χ2v) is 7.51. The number of nitrogens with one attached hydrogen (secondary N) is 1. The Hall–Kier alpha value is -1.70. The highest BCUT2D eigenvalue weighted by molar-refractivity contribution is 8.00. The van der Waals surface area contributed by atoms with Gasteiger partial charge in [0.25, 0.3) is 5.91 Å². The minimum absolute atomic E-state index is 0.0165. The lowest BCUT2D eigenvalue weighted by molar-refractivity contribution is -0.150. The predicted molar refractivity (Wildman–Crippen MR) is 104 cm³/mol. The number of ether oxygens (including phenoxy) is 1. The number of esters is 1. The molecule has 0 radical (unpaired) electrons. The summed E-state index contributed by atoms with van der Waals surface area (Å²) in [6.07, 6.45) is -0.933. The van der Waals surface area contributed by atoms with Crippen LogP contribution in [-0.4, -0.2) is 33.5 Å². The van der Waals surface area contributed by atoms with E-state index in [1.54, 1.807) is 36.9 Å². The number of aryl methyl sites for hydroxylation is 2. The van der Waals surface area contributed by atoms with Crippen LogP contribution in [0.3, 0.4) is 0 Å². The molecule has 0 aliphatic rings. The van der Waals surface area contributed by atoms with Gasteiger partial charge in [-0.15, -0.1) is 11.8 Å². The molecule has 2 rings (SSSR count). The second-order valence-electron chi connectivity index (χ2n) is 5.65. The van der Waals surface area contributed by atoms with Gasteiger partial charge in [0, 0.05) is 17.0 Å². The molecule has 0 unspecified atom stereocenters. The molecule has 0 aliphatic carbocycles. The van der Waals surface area contributed by atoms with Crippen LogP contribution >= 0.6 is 35.0 Å². The largest absolute Gasteiger partial charge is 0.452 e. The van der Waals surface area contributed by atoms with Crippen molar-refractivity contribution in [1.82, 2.24) is 9.78 Å². The monoisotopic (exact) mass is 415 g/mol. The standard InChI is InChI=1S/C17H19Cl2N3O3S/c1-9-16(10(2)22(4)21-9)20-17(24)11(3)25-15(23)8-26-14-7-12(18)5-6-13(14)19/h5-7,11H,8H2,1-4H3,(H,20,24)/t11-/m1/s1. The van der Waals surface area contributed by atoms with Crippen molar-refractivity contribution in [2.24, 2.45) is 7.05 Å². The molecule has 1 N–H and O–H groups in total. The van der Waals surface area contributed by atoms with E-state index in [2.05, 4.69) is 10.4 Å². The molecule has 0 saturated heterocycles. The van der Waals surface area contributed by atoms with Gasteiger partial charge in [-0.3, -0.25) is 14.3 Å². The number of benzene rings is 1.